The summed E-state index contributed by atoms with van der Waals surface area (Å²) in [6.45, 7) is 2.48. The minimum absolute atomic E-state index is 0.113. The maximum atomic E-state index is 13.7. The molecule has 0 N–H and O–H groups in total. The van der Waals surface area contributed by atoms with Gasteiger partial charge in [0.1, 0.15) is 11.6 Å². The summed E-state index contributed by atoms with van der Waals surface area (Å²) in [7, 11) is 0. The Bertz CT molecular complexity index is 902. The van der Waals surface area contributed by atoms with Gasteiger partial charge in [0.15, 0.2) is 0 Å². The number of benzene rings is 2. The molecular weight excluding hydrogens is 358 g/mol. The number of pyridine rings is 1. The first-order valence-corrected chi connectivity index (χ1v) is 9.39. The molecule has 0 unspecified atom stereocenters. The van der Waals surface area contributed by atoms with Gasteiger partial charge in [-0.3, -0.25) is 9.88 Å². The SMILES string of the molecule is Fc1ccc([C@@H]2COC[C@H]2N(Cc2ccncc2)Cc2cccc(F)c2)cc1. The highest BCUT2D eigenvalue weighted by atomic mass is 19.1. The highest BCUT2D eigenvalue weighted by Gasteiger charge is 2.34. The summed E-state index contributed by atoms with van der Waals surface area (Å²) in [5, 5.41) is 0. The molecule has 1 fully saturated rings. The number of hydrogen-bond donors (Lipinski definition) is 0. The minimum Gasteiger partial charge on any atom is -0.379 e. The number of nitrogens with zero attached hydrogens (tertiary/aromatic N) is 2. The Labute approximate surface area is 163 Å². The second-order valence-electron chi connectivity index (χ2n) is 7.15. The molecule has 1 aromatic heterocycles. The maximum absolute atomic E-state index is 13.7. The lowest BCUT2D eigenvalue weighted by molar-refractivity contribution is 0.132. The van der Waals surface area contributed by atoms with E-state index in [1.165, 1.54) is 18.2 Å². The summed E-state index contributed by atoms with van der Waals surface area (Å²) in [5.74, 6) is -0.345. The van der Waals surface area contributed by atoms with Crippen molar-refractivity contribution >= 4 is 0 Å². The van der Waals surface area contributed by atoms with Crippen LogP contribution < -0.4 is 0 Å². The van der Waals surface area contributed by atoms with Crippen LogP contribution in [0.5, 0.6) is 0 Å². The van der Waals surface area contributed by atoms with Crippen LogP contribution in [0.15, 0.2) is 73.1 Å². The third kappa shape index (κ3) is 4.43. The predicted molar refractivity (Wildman–Crippen MR) is 104 cm³/mol. The Morgan fingerprint density at radius 3 is 2.36 bits per heavy atom. The van der Waals surface area contributed by atoms with Gasteiger partial charge in [0.05, 0.1) is 13.2 Å². The summed E-state index contributed by atoms with van der Waals surface area (Å²) in [6.07, 6.45) is 3.55. The molecule has 3 aromatic rings. The smallest absolute Gasteiger partial charge is 0.123 e. The quantitative estimate of drug-likeness (QED) is 0.628. The van der Waals surface area contributed by atoms with E-state index in [1.54, 1.807) is 24.5 Å². The van der Waals surface area contributed by atoms with Crippen molar-refractivity contribution in [3.8, 4) is 0 Å². The fraction of sp³-hybridized carbons (Fsp3) is 0.261. The zero-order valence-corrected chi connectivity index (χ0v) is 15.5. The van der Waals surface area contributed by atoms with E-state index in [4.69, 9.17) is 4.74 Å². The van der Waals surface area contributed by atoms with Gasteiger partial charge in [0, 0.05) is 37.4 Å². The molecule has 0 bridgehead atoms. The van der Waals surface area contributed by atoms with Crippen LogP contribution in [0.2, 0.25) is 0 Å². The topological polar surface area (TPSA) is 25.4 Å². The van der Waals surface area contributed by atoms with E-state index in [0.29, 0.717) is 26.3 Å². The maximum Gasteiger partial charge on any atom is 0.123 e. The average Bonchev–Trinajstić information content (AvgIpc) is 3.19. The fourth-order valence-corrected chi connectivity index (χ4v) is 3.81. The van der Waals surface area contributed by atoms with E-state index in [9.17, 15) is 8.78 Å². The predicted octanol–water partition coefficient (Wildman–Crippen LogP) is 4.54. The van der Waals surface area contributed by atoms with E-state index < -0.39 is 0 Å². The number of halogens is 2. The van der Waals surface area contributed by atoms with Gasteiger partial charge in [0.2, 0.25) is 0 Å². The zero-order valence-electron chi connectivity index (χ0n) is 15.5. The van der Waals surface area contributed by atoms with Crippen molar-refractivity contribution in [1.82, 2.24) is 9.88 Å². The van der Waals surface area contributed by atoms with Crippen LogP contribution in [0.25, 0.3) is 0 Å². The standard InChI is InChI=1S/C23H22F2N2O/c24-20-6-4-19(5-7-20)22-15-28-16-23(22)27(13-17-8-10-26-11-9-17)14-18-2-1-3-21(25)12-18/h1-12,22-23H,13-16H2/t22-,23+/m0/s1. The molecule has 4 rings (SSSR count). The van der Waals surface area contributed by atoms with Crippen LogP contribution in [-0.4, -0.2) is 29.1 Å². The zero-order chi connectivity index (χ0) is 19.3. The van der Waals surface area contributed by atoms with Gasteiger partial charge in [-0.1, -0.05) is 24.3 Å². The van der Waals surface area contributed by atoms with Crippen LogP contribution in [-0.2, 0) is 17.8 Å². The highest BCUT2D eigenvalue weighted by molar-refractivity contribution is 5.24. The average molecular weight is 380 g/mol. The molecule has 1 aliphatic heterocycles. The number of aromatic nitrogens is 1. The number of hydrogen-bond acceptors (Lipinski definition) is 3. The van der Waals surface area contributed by atoms with Gasteiger partial charge < -0.3 is 4.74 Å². The van der Waals surface area contributed by atoms with Crippen molar-refractivity contribution in [1.29, 1.82) is 0 Å². The Balaban J connectivity index is 1.62. The van der Waals surface area contributed by atoms with Gasteiger partial charge in [0.25, 0.3) is 0 Å². The molecule has 0 amide bonds. The Hall–Kier alpha value is -2.63. The monoisotopic (exact) mass is 380 g/mol. The molecule has 0 radical (unpaired) electrons. The Morgan fingerprint density at radius 2 is 1.61 bits per heavy atom. The minimum atomic E-state index is -0.243. The van der Waals surface area contributed by atoms with E-state index in [-0.39, 0.29) is 23.6 Å². The second kappa shape index (κ2) is 8.59. The lowest BCUT2D eigenvalue weighted by Gasteiger charge is -2.32. The number of rotatable bonds is 6. The van der Waals surface area contributed by atoms with Crippen molar-refractivity contribution in [2.24, 2.45) is 0 Å². The van der Waals surface area contributed by atoms with Crippen LogP contribution >= 0.6 is 0 Å². The van der Waals surface area contributed by atoms with Crippen molar-refractivity contribution < 1.29 is 13.5 Å². The van der Waals surface area contributed by atoms with Crippen LogP contribution in [0.1, 0.15) is 22.6 Å². The van der Waals surface area contributed by atoms with E-state index in [2.05, 4.69) is 9.88 Å². The van der Waals surface area contributed by atoms with Gasteiger partial charge in [-0.2, -0.15) is 0 Å². The lowest BCUT2D eigenvalue weighted by Crippen LogP contribution is -2.38. The molecule has 0 aliphatic carbocycles. The van der Waals surface area contributed by atoms with Crippen LogP contribution in [0, 0.1) is 11.6 Å². The molecule has 144 valence electrons. The molecule has 2 heterocycles. The van der Waals surface area contributed by atoms with Crippen LogP contribution in [0.4, 0.5) is 8.78 Å². The van der Waals surface area contributed by atoms with E-state index in [0.717, 1.165) is 16.7 Å². The van der Waals surface area contributed by atoms with Gasteiger partial charge >= 0.3 is 0 Å². The Morgan fingerprint density at radius 1 is 0.857 bits per heavy atom. The normalized spacial score (nSPS) is 19.2. The highest BCUT2D eigenvalue weighted by Crippen LogP contribution is 2.31. The third-order valence-electron chi connectivity index (χ3n) is 5.23. The molecule has 3 nitrogen and oxygen atoms in total. The fourth-order valence-electron chi connectivity index (χ4n) is 3.81. The molecule has 1 aliphatic rings. The largest absolute Gasteiger partial charge is 0.379 e. The first kappa shape index (κ1) is 18.7. The lowest BCUT2D eigenvalue weighted by atomic mass is 9.92. The molecular formula is C23H22F2N2O. The molecule has 5 heteroatoms. The van der Waals surface area contributed by atoms with Crippen molar-refractivity contribution in [3.63, 3.8) is 0 Å². The van der Waals surface area contributed by atoms with Crippen molar-refractivity contribution in [2.75, 3.05) is 13.2 Å². The summed E-state index contributed by atoms with van der Waals surface area (Å²) in [5.41, 5.74) is 3.11. The first-order valence-electron chi connectivity index (χ1n) is 9.39. The van der Waals surface area contributed by atoms with Crippen molar-refractivity contribution in [3.05, 3.63) is 101 Å². The van der Waals surface area contributed by atoms with Crippen LogP contribution in [0.3, 0.4) is 0 Å². The van der Waals surface area contributed by atoms with Gasteiger partial charge in [-0.15, -0.1) is 0 Å². The Kier molecular flexibility index (Phi) is 5.74. The summed E-state index contributed by atoms with van der Waals surface area (Å²) in [6, 6.07) is 17.4. The molecule has 0 spiro atoms. The molecule has 28 heavy (non-hydrogen) atoms. The second-order valence-corrected chi connectivity index (χ2v) is 7.15. The third-order valence-corrected chi connectivity index (χ3v) is 5.23. The number of ether oxygens (including phenoxy) is 1. The molecule has 1 saturated heterocycles. The van der Waals surface area contributed by atoms with E-state index in [1.807, 2.05) is 30.3 Å². The summed E-state index contributed by atoms with van der Waals surface area (Å²) in [4.78, 5) is 6.40. The van der Waals surface area contributed by atoms with Gasteiger partial charge in [-0.05, 0) is 53.1 Å². The van der Waals surface area contributed by atoms with Gasteiger partial charge in [-0.25, -0.2) is 8.78 Å². The van der Waals surface area contributed by atoms with E-state index >= 15 is 0 Å². The molecule has 2 aromatic carbocycles. The first-order chi connectivity index (χ1) is 13.7. The van der Waals surface area contributed by atoms with Crippen molar-refractivity contribution in [2.45, 2.75) is 25.0 Å². The summed E-state index contributed by atoms with van der Waals surface area (Å²) < 4.78 is 32.9. The molecule has 0 saturated carbocycles. The summed E-state index contributed by atoms with van der Waals surface area (Å²) >= 11 is 0. The molecule has 2 atom stereocenters.